The lowest BCUT2D eigenvalue weighted by Crippen LogP contribution is -2.03. The van der Waals surface area contributed by atoms with Gasteiger partial charge < -0.3 is 4.98 Å². The molecule has 3 aromatic rings. The first-order chi connectivity index (χ1) is 10.0. The standard InChI is InChI=1S/C14H8FN3O3/c15-9-3-1-8(2-4-9)13(19)14-16-11-6-5-10(18(20)21)7-12(11)17-14/h1-7H,(H,16,17). The molecule has 0 saturated carbocycles. The van der Waals surface area contributed by atoms with Gasteiger partial charge in [-0.05, 0) is 30.3 Å². The van der Waals surface area contributed by atoms with Crippen molar-refractivity contribution in [2.45, 2.75) is 0 Å². The van der Waals surface area contributed by atoms with Gasteiger partial charge in [-0.25, -0.2) is 9.37 Å². The summed E-state index contributed by atoms with van der Waals surface area (Å²) >= 11 is 0. The highest BCUT2D eigenvalue weighted by molar-refractivity contribution is 6.08. The van der Waals surface area contributed by atoms with E-state index in [9.17, 15) is 19.3 Å². The Morgan fingerprint density at radius 3 is 2.57 bits per heavy atom. The largest absolute Gasteiger partial charge is 0.335 e. The highest BCUT2D eigenvalue weighted by Crippen LogP contribution is 2.20. The van der Waals surface area contributed by atoms with Gasteiger partial charge in [0.25, 0.3) is 5.69 Å². The zero-order valence-corrected chi connectivity index (χ0v) is 10.5. The van der Waals surface area contributed by atoms with Crippen LogP contribution in [0.25, 0.3) is 11.0 Å². The summed E-state index contributed by atoms with van der Waals surface area (Å²) in [7, 11) is 0. The van der Waals surface area contributed by atoms with Crippen molar-refractivity contribution in [3.63, 3.8) is 0 Å². The van der Waals surface area contributed by atoms with E-state index in [1.807, 2.05) is 0 Å². The molecule has 0 atom stereocenters. The number of nitro benzene ring substituents is 1. The molecule has 0 aliphatic rings. The van der Waals surface area contributed by atoms with Gasteiger partial charge in [-0.1, -0.05) is 0 Å². The number of imidazole rings is 1. The van der Waals surface area contributed by atoms with Crippen molar-refractivity contribution in [2.75, 3.05) is 0 Å². The second kappa shape index (κ2) is 4.78. The first-order valence-electron chi connectivity index (χ1n) is 5.99. The quantitative estimate of drug-likeness (QED) is 0.455. The summed E-state index contributed by atoms with van der Waals surface area (Å²) in [6, 6.07) is 9.16. The second-order valence-corrected chi connectivity index (χ2v) is 4.38. The Bertz CT molecular complexity index is 856. The molecular weight excluding hydrogens is 277 g/mol. The van der Waals surface area contributed by atoms with Crippen LogP contribution in [0.5, 0.6) is 0 Å². The number of hydrogen-bond acceptors (Lipinski definition) is 4. The first-order valence-corrected chi connectivity index (χ1v) is 5.99. The number of rotatable bonds is 3. The van der Waals surface area contributed by atoms with Crippen molar-refractivity contribution in [1.29, 1.82) is 0 Å². The topological polar surface area (TPSA) is 88.9 Å². The number of halogens is 1. The van der Waals surface area contributed by atoms with Gasteiger partial charge in [0.05, 0.1) is 16.0 Å². The molecule has 3 rings (SSSR count). The molecule has 0 spiro atoms. The number of ketones is 1. The zero-order chi connectivity index (χ0) is 15.0. The number of benzene rings is 2. The van der Waals surface area contributed by atoms with E-state index in [0.29, 0.717) is 11.0 Å². The highest BCUT2D eigenvalue weighted by Gasteiger charge is 2.15. The molecule has 0 bridgehead atoms. The van der Waals surface area contributed by atoms with Gasteiger partial charge >= 0.3 is 0 Å². The third kappa shape index (κ3) is 2.36. The molecule has 0 saturated heterocycles. The molecule has 0 aliphatic heterocycles. The first kappa shape index (κ1) is 12.9. The number of non-ortho nitro benzene ring substituents is 1. The molecule has 7 heteroatoms. The Morgan fingerprint density at radius 1 is 1.19 bits per heavy atom. The zero-order valence-electron chi connectivity index (χ0n) is 10.5. The molecule has 1 N–H and O–H groups in total. The lowest BCUT2D eigenvalue weighted by molar-refractivity contribution is -0.384. The van der Waals surface area contributed by atoms with Crippen molar-refractivity contribution in [2.24, 2.45) is 0 Å². The van der Waals surface area contributed by atoms with Crippen molar-refractivity contribution < 1.29 is 14.1 Å². The minimum atomic E-state index is -0.526. The average molecular weight is 285 g/mol. The van der Waals surface area contributed by atoms with Gasteiger partial charge in [-0.3, -0.25) is 14.9 Å². The van der Waals surface area contributed by atoms with Gasteiger partial charge in [0.2, 0.25) is 5.78 Å². The van der Waals surface area contributed by atoms with Gasteiger partial charge in [-0.2, -0.15) is 0 Å². The minimum Gasteiger partial charge on any atom is -0.335 e. The van der Waals surface area contributed by atoms with Crippen LogP contribution in [-0.2, 0) is 0 Å². The van der Waals surface area contributed by atoms with Crippen LogP contribution in [0.2, 0.25) is 0 Å². The molecule has 0 unspecified atom stereocenters. The summed E-state index contributed by atoms with van der Waals surface area (Å²) in [6.45, 7) is 0. The molecule has 1 aromatic heterocycles. The number of carbonyl (C=O) groups excluding carboxylic acids is 1. The fraction of sp³-hybridized carbons (Fsp3) is 0. The van der Waals surface area contributed by atoms with Gasteiger partial charge in [-0.15, -0.1) is 0 Å². The van der Waals surface area contributed by atoms with Crippen LogP contribution in [-0.4, -0.2) is 20.7 Å². The van der Waals surface area contributed by atoms with Gasteiger partial charge in [0.15, 0.2) is 5.82 Å². The number of fused-ring (bicyclic) bond motifs is 1. The predicted octanol–water partition coefficient (Wildman–Crippen LogP) is 2.84. The minimum absolute atomic E-state index is 0.0529. The average Bonchev–Trinajstić information content (AvgIpc) is 2.90. The van der Waals surface area contributed by atoms with Gasteiger partial charge in [0, 0.05) is 17.7 Å². The summed E-state index contributed by atoms with van der Waals surface area (Å²) in [6.07, 6.45) is 0. The Labute approximate surface area is 117 Å². The van der Waals surface area contributed by atoms with E-state index in [2.05, 4.69) is 9.97 Å². The number of nitrogens with zero attached hydrogens (tertiary/aromatic N) is 2. The Balaban J connectivity index is 2.02. The number of H-pyrrole nitrogens is 1. The van der Waals surface area contributed by atoms with E-state index in [0.717, 1.165) is 0 Å². The second-order valence-electron chi connectivity index (χ2n) is 4.38. The number of aromatic amines is 1. The van der Waals surface area contributed by atoms with Crippen molar-refractivity contribution in [3.05, 3.63) is 69.8 Å². The Morgan fingerprint density at radius 2 is 1.90 bits per heavy atom. The van der Waals surface area contributed by atoms with Crippen LogP contribution in [0, 0.1) is 15.9 Å². The molecule has 0 radical (unpaired) electrons. The lowest BCUT2D eigenvalue weighted by atomic mass is 10.1. The number of aromatic nitrogens is 2. The highest BCUT2D eigenvalue weighted by atomic mass is 19.1. The van der Waals surface area contributed by atoms with Crippen molar-refractivity contribution >= 4 is 22.5 Å². The summed E-state index contributed by atoms with van der Waals surface area (Å²) in [4.78, 5) is 29.2. The third-order valence-corrected chi connectivity index (χ3v) is 3.00. The van der Waals surface area contributed by atoms with E-state index >= 15 is 0 Å². The number of nitro groups is 1. The van der Waals surface area contributed by atoms with E-state index < -0.39 is 16.5 Å². The van der Waals surface area contributed by atoms with Crippen LogP contribution >= 0.6 is 0 Å². The van der Waals surface area contributed by atoms with Crippen LogP contribution in [0.15, 0.2) is 42.5 Å². The smallest absolute Gasteiger partial charge is 0.271 e. The summed E-state index contributed by atoms with van der Waals surface area (Å²) in [5.74, 6) is -0.794. The lowest BCUT2D eigenvalue weighted by Gasteiger charge is -1.96. The van der Waals surface area contributed by atoms with Crippen LogP contribution in [0.4, 0.5) is 10.1 Å². The molecule has 21 heavy (non-hydrogen) atoms. The molecule has 104 valence electrons. The fourth-order valence-corrected chi connectivity index (χ4v) is 1.96. The van der Waals surface area contributed by atoms with E-state index in [1.54, 1.807) is 0 Å². The normalized spacial score (nSPS) is 10.7. The Kier molecular flexibility index (Phi) is 2.94. The summed E-state index contributed by atoms with van der Waals surface area (Å²) in [5.41, 5.74) is 1.04. The number of carbonyl (C=O) groups is 1. The molecule has 1 heterocycles. The van der Waals surface area contributed by atoms with Crippen LogP contribution in [0.1, 0.15) is 16.2 Å². The third-order valence-electron chi connectivity index (χ3n) is 3.00. The molecule has 6 nitrogen and oxygen atoms in total. The molecule has 0 amide bonds. The van der Waals surface area contributed by atoms with Gasteiger partial charge in [0.1, 0.15) is 5.82 Å². The summed E-state index contributed by atoms with van der Waals surface area (Å²) in [5, 5.41) is 10.7. The molecule has 0 aliphatic carbocycles. The summed E-state index contributed by atoms with van der Waals surface area (Å²) < 4.78 is 12.8. The molecule has 0 fully saturated rings. The predicted molar refractivity (Wildman–Crippen MR) is 72.6 cm³/mol. The fourth-order valence-electron chi connectivity index (χ4n) is 1.96. The van der Waals surface area contributed by atoms with E-state index in [-0.39, 0.29) is 17.1 Å². The maximum Gasteiger partial charge on any atom is 0.271 e. The molecule has 2 aromatic carbocycles. The SMILES string of the molecule is O=C(c1ccc(F)cc1)c1nc2ccc([N+](=O)[O-])cc2[nH]1. The van der Waals surface area contributed by atoms with Crippen molar-refractivity contribution in [3.8, 4) is 0 Å². The maximum atomic E-state index is 12.8. The monoisotopic (exact) mass is 285 g/mol. The maximum absolute atomic E-state index is 12.8. The number of hydrogen-bond donors (Lipinski definition) is 1. The Hall–Kier alpha value is -3.09. The van der Waals surface area contributed by atoms with Crippen LogP contribution in [0.3, 0.4) is 0 Å². The van der Waals surface area contributed by atoms with E-state index in [1.165, 1.54) is 42.5 Å². The molecular formula is C14H8FN3O3. The number of nitrogens with one attached hydrogen (secondary N) is 1. The van der Waals surface area contributed by atoms with Crippen molar-refractivity contribution in [1.82, 2.24) is 9.97 Å². The van der Waals surface area contributed by atoms with Crippen LogP contribution < -0.4 is 0 Å². The van der Waals surface area contributed by atoms with E-state index in [4.69, 9.17) is 0 Å².